The number of nitrogens with zero attached hydrogens (tertiary/aromatic N) is 3. The standard InChI is InChI=1S/C21H29N3O/c1-16-5-6-17(2)24(16)20-4-3-13-23(15-20)21(25)12-11-18-7-9-19(14-22)10-8-18/h7-10,16-17,20H,3-6,11-13,15H2,1-2H3/t16-,17-,20-/m1/s1. The fourth-order valence-corrected chi connectivity index (χ4v) is 4.51. The first-order valence-electron chi connectivity index (χ1n) is 9.62. The molecule has 1 amide bonds. The molecule has 4 nitrogen and oxygen atoms in total. The van der Waals surface area contributed by atoms with Crippen LogP contribution in [0.15, 0.2) is 24.3 Å². The molecule has 2 aliphatic heterocycles. The quantitative estimate of drug-likeness (QED) is 0.845. The van der Waals surface area contributed by atoms with Gasteiger partial charge in [-0.05, 0) is 63.6 Å². The van der Waals surface area contributed by atoms with Crippen molar-refractivity contribution in [1.82, 2.24) is 9.80 Å². The summed E-state index contributed by atoms with van der Waals surface area (Å²) < 4.78 is 0. The summed E-state index contributed by atoms with van der Waals surface area (Å²) in [6.45, 7) is 6.45. The minimum atomic E-state index is 0.272. The maximum absolute atomic E-state index is 12.7. The zero-order chi connectivity index (χ0) is 17.8. The SMILES string of the molecule is C[C@@H]1CC[C@@H](C)N1[C@@H]1CCCN(C(=O)CCc2ccc(C#N)cc2)C1. The van der Waals surface area contributed by atoms with Gasteiger partial charge < -0.3 is 4.90 Å². The first kappa shape index (κ1) is 17.9. The molecule has 25 heavy (non-hydrogen) atoms. The van der Waals surface area contributed by atoms with Crippen LogP contribution in [0.3, 0.4) is 0 Å². The van der Waals surface area contributed by atoms with Crippen molar-refractivity contribution >= 4 is 5.91 Å². The molecule has 0 spiro atoms. The number of likely N-dealkylation sites (tertiary alicyclic amines) is 2. The van der Waals surface area contributed by atoms with E-state index in [1.807, 2.05) is 24.3 Å². The summed E-state index contributed by atoms with van der Waals surface area (Å²) >= 11 is 0. The summed E-state index contributed by atoms with van der Waals surface area (Å²) in [6, 6.07) is 11.5. The zero-order valence-electron chi connectivity index (χ0n) is 15.4. The van der Waals surface area contributed by atoms with Crippen molar-refractivity contribution in [2.45, 2.75) is 70.5 Å². The van der Waals surface area contributed by atoms with Gasteiger partial charge >= 0.3 is 0 Å². The second-order valence-electron chi connectivity index (χ2n) is 7.67. The van der Waals surface area contributed by atoms with Crippen molar-refractivity contribution in [3.05, 3.63) is 35.4 Å². The number of aryl methyl sites for hydroxylation is 1. The third kappa shape index (κ3) is 4.22. The molecule has 1 aromatic carbocycles. The van der Waals surface area contributed by atoms with Crippen molar-refractivity contribution in [1.29, 1.82) is 5.26 Å². The van der Waals surface area contributed by atoms with E-state index in [2.05, 4.69) is 29.7 Å². The van der Waals surface area contributed by atoms with Crippen LogP contribution in [0.2, 0.25) is 0 Å². The molecule has 0 aromatic heterocycles. The highest BCUT2D eigenvalue weighted by Crippen LogP contribution is 2.30. The Labute approximate surface area is 151 Å². The zero-order valence-corrected chi connectivity index (χ0v) is 15.4. The van der Waals surface area contributed by atoms with E-state index in [1.54, 1.807) is 0 Å². The number of amides is 1. The van der Waals surface area contributed by atoms with Gasteiger partial charge in [0.05, 0.1) is 11.6 Å². The topological polar surface area (TPSA) is 47.3 Å². The van der Waals surface area contributed by atoms with Gasteiger partial charge in [-0.25, -0.2) is 0 Å². The molecule has 2 heterocycles. The molecule has 2 aliphatic rings. The van der Waals surface area contributed by atoms with Crippen LogP contribution in [0, 0.1) is 11.3 Å². The first-order chi connectivity index (χ1) is 12.1. The van der Waals surface area contributed by atoms with Gasteiger partial charge in [0.1, 0.15) is 0 Å². The minimum Gasteiger partial charge on any atom is -0.341 e. The number of hydrogen-bond donors (Lipinski definition) is 0. The third-order valence-corrected chi connectivity index (χ3v) is 5.90. The van der Waals surface area contributed by atoms with Gasteiger partial charge in [0.15, 0.2) is 0 Å². The molecule has 3 atom stereocenters. The molecule has 1 aromatic rings. The lowest BCUT2D eigenvalue weighted by Crippen LogP contribution is -2.52. The van der Waals surface area contributed by atoms with Crippen LogP contribution in [-0.4, -0.2) is 46.9 Å². The molecule has 2 fully saturated rings. The Morgan fingerprint density at radius 1 is 1.16 bits per heavy atom. The van der Waals surface area contributed by atoms with Crippen LogP contribution in [-0.2, 0) is 11.2 Å². The number of nitriles is 1. The highest BCUT2D eigenvalue weighted by atomic mass is 16.2. The third-order valence-electron chi connectivity index (χ3n) is 5.90. The highest BCUT2D eigenvalue weighted by Gasteiger charge is 2.36. The summed E-state index contributed by atoms with van der Waals surface area (Å²) in [5.74, 6) is 0.272. The van der Waals surface area contributed by atoms with Gasteiger partial charge in [-0.1, -0.05) is 12.1 Å². The maximum atomic E-state index is 12.7. The number of carbonyl (C=O) groups is 1. The van der Waals surface area contributed by atoms with E-state index in [0.29, 0.717) is 30.1 Å². The van der Waals surface area contributed by atoms with Gasteiger partial charge in [-0.3, -0.25) is 9.69 Å². The number of rotatable bonds is 4. The van der Waals surface area contributed by atoms with Crippen LogP contribution in [0.1, 0.15) is 57.1 Å². The van der Waals surface area contributed by atoms with Crippen LogP contribution in [0.25, 0.3) is 0 Å². The summed E-state index contributed by atoms with van der Waals surface area (Å²) in [7, 11) is 0. The lowest BCUT2D eigenvalue weighted by atomic mass is 10.0. The number of hydrogen-bond acceptors (Lipinski definition) is 3. The predicted molar refractivity (Wildman–Crippen MR) is 99.1 cm³/mol. The first-order valence-corrected chi connectivity index (χ1v) is 9.62. The van der Waals surface area contributed by atoms with Crippen molar-refractivity contribution in [2.75, 3.05) is 13.1 Å². The van der Waals surface area contributed by atoms with Gasteiger partial charge in [-0.2, -0.15) is 5.26 Å². The second kappa shape index (κ2) is 8.01. The van der Waals surface area contributed by atoms with Crippen LogP contribution >= 0.6 is 0 Å². The van der Waals surface area contributed by atoms with Crippen molar-refractivity contribution in [3.63, 3.8) is 0 Å². The monoisotopic (exact) mass is 339 g/mol. The molecule has 3 rings (SSSR count). The largest absolute Gasteiger partial charge is 0.341 e. The number of benzene rings is 1. The summed E-state index contributed by atoms with van der Waals surface area (Å²) in [4.78, 5) is 17.4. The number of piperidine rings is 1. The van der Waals surface area contributed by atoms with Crippen LogP contribution < -0.4 is 0 Å². The molecule has 0 saturated carbocycles. The Bertz CT molecular complexity index is 624. The molecule has 0 unspecified atom stereocenters. The van der Waals surface area contributed by atoms with Gasteiger partial charge in [0.25, 0.3) is 0 Å². The van der Waals surface area contributed by atoms with Gasteiger partial charge in [0, 0.05) is 37.6 Å². The van der Waals surface area contributed by atoms with E-state index in [0.717, 1.165) is 31.5 Å². The Morgan fingerprint density at radius 3 is 2.48 bits per heavy atom. The molecule has 134 valence electrons. The predicted octanol–water partition coefficient (Wildman–Crippen LogP) is 3.35. The van der Waals surface area contributed by atoms with E-state index < -0.39 is 0 Å². The van der Waals surface area contributed by atoms with Crippen LogP contribution in [0.4, 0.5) is 0 Å². The van der Waals surface area contributed by atoms with E-state index >= 15 is 0 Å². The fourth-order valence-electron chi connectivity index (χ4n) is 4.51. The molecule has 0 radical (unpaired) electrons. The Morgan fingerprint density at radius 2 is 1.84 bits per heavy atom. The molecule has 0 N–H and O–H groups in total. The van der Waals surface area contributed by atoms with E-state index in [4.69, 9.17) is 5.26 Å². The average Bonchev–Trinajstić information content (AvgIpc) is 2.98. The fraction of sp³-hybridized carbons (Fsp3) is 0.619. The van der Waals surface area contributed by atoms with Gasteiger partial charge in [0.2, 0.25) is 5.91 Å². The molecular weight excluding hydrogens is 310 g/mol. The molecule has 0 bridgehead atoms. The molecular formula is C21H29N3O. The Hall–Kier alpha value is -1.86. The van der Waals surface area contributed by atoms with Crippen molar-refractivity contribution < 1.29 is 4.79 Å². The average molecular weight is 339 g/mol. The van der Waals surface area contributed by atoms with Gasteiger partial charge in [-0.15, -0.1) is 0 Å². The summed E-state index contributed by atoms with van der Waals surface area (Å²) in [6.07, 6.45) is 6.21. The Kier molecular flexibility index (Phi) is 5.75. The van der Waals surface area contributed by atoms with E-state index in [-0.39, 0.29) is 5.91 Å². The van der Waals surface area contributed by atoms with Crippen LogP contribution in [0.5, 0.6) is 0 Å². The highest BCUT2D eigenvalue weighted by molar-refractivity contribution is 5.76. The Balaban J connectivity index is 1.54. The van der Waals surface area contributed by atoms with E-state index in [1.165, 1.54) is 19.3 Å². The molecule has 0 aliphatic carbocycles. The number of carbonyl (C=O) groups excluding carboxylic acids is 1. The smallest absolute Gasteiger partial charge is 0.222 e. The second-order valence-corrected chi connectivity index (χ2v) is 7.67. The van der Waals surface area contributed by atoms with Crippen molar-refractivity contribution in [2.24, 2.45) is 0 Å². The normalized spacial score (nSPS) is 27.2. The summed E-state index contributed by atoms with van der Waals surface area (Å²) in [5.41, 5.74) is 1.80. The lowest BCUT2D eigenvalue weighted by molar-refractivity contribution is -0.133. The lowest BCUT2D eigenvalue weighted by Gasteiger charge is -2.41. The molecule has 4 heteroatoms. The summed E-state index contributed by atoms with van der Waals surface area (Å²) in [5, 5.41) is 8.85. The maximum Gasteiger partial charge on any atom is 0.222 e. The molecule has 2 saturated heterocycles. The van der Waals surface area contributed by atoms with E-state index in [9.17, 15) is 4.79 Å². The van der Waals surface area contributed by atoms with Crippen molar-refractivity contribution in [3.8, 4) is 6.07 Å². The minimum absolute atomic E-state index is 0.272.